The topological polar surface area (TPSA) is 44.0 Å². The van der Waals surface area contributed by atoms with Crippen LogP contribution in [0, 0.1) is 17.1 Å². The summed E-state index contributed by atoms with van der Waals surface area (Å²) in [7, 11) is 0. The molecule has 0 aliphatic rings. The van der Waals surface area contributed by atoms with Crippen molar-refractivity contribution in [2.45, 2.75) is 13.0 Å². The molecule has 0 bridgehead atoms. The molecular weight excluding hydrogens is 229 g/mol. The minimum atomic E-state index is -0.349. The Morgan fingerprint density at radius 2 is 1.94 bits per heavy atom. The van der Waals surface area contributed by atoms with E-state index in [4.69, 9.17) is 10.4 Å². The molecule has 0 amide bonds. The third-order valence-electron chi connectivity index (χ3n) is 2.74. The van der Waals surface area contributed by atoms with E-state index in [1.165, 1.54) is 6.07 Å². The smallest absolute Gasteiger partial charge is 0.131 e. The van der Waals surface area contributed by atoms with Gasteiger partial charge < -0.3 is 5.11 Å². The Morgan fingerprint density at radius 1 is 1.11 bits per heavy atom. The standard InChI is InChI=1S/C15H12FNO/c16-15-9-11(6-7-17)4-5-14(15)13-3-1-2-12(8-13)10-18/h1-5,8-9,18H,6,10H2. The molecule has 2 nitrogen and oxygen atoms in total. The molecule has 0 saturated heterocycles. The first-order chi connectivity index (χ1) is 8.74. The lowest BCUT2D eigenvalue weighted by Gasteiger charge is -2.06. The Balaban J connectivity index is 2.41. The summed E-state index contributed by atoms with van der Waals surface area (Å²) in [6.07, 6.45) is 0.202. The first-order valence-electron chi connectivity index (χ1n) is 5.60. The third kappa shape index (κ3) is 2.55. The number of nitriles is 1. The molecule has 0 aliphatic heterocycles. The van der Waals surface area contributed by atoms with Crippen molar-refractivity contribution < 1.29 is 9.50 Å². The van der Waals surface area contributed by atoms with E-state index < -0.39 is 0 Å². The molecule has 0 atom stereocenters. The SMILES string of the molecule is N#CCc1ccc(-c2cccc(CO)c2)c(F)c1. The molecule has 0 spiro atoms. The normalized spacial score (nSPS) is 10.1. The van der Waals surface area contributed by atoms with E-state index in [1.807, 2.05) is 6.07 Å². The molecule has 0 aromatic heterocycles. The van der Waals surface area contributed by atoms with Crippen LogP contribution in [0.2, 0.25) is 0 Å². The van der Waals surface area contributed by atoms with Crippen LogP contribution in [0.15, 0.2) is 42.5 Å². The summed E-state index contributed by atoms with van der Waals surface area (Å²) < 4.78 is 13.9. The van der Waals surface area contributed by atoms with Gasteiger partial charge in [0.25, 0.3) is 0 Å². The molecule has 0 heterocycles. The maximum absolute atomic E-state index is 13.9. The molecule has 0 saturated carbocycles. The Bertz CT molecular complexity index is 602. The van der Waals surface area contributed by atoms with E-state index in [2.05, 4.69) is 0 Å². The minimum absolute atomic E-state index is 0.0675. The zero-order valence-electron chi connectivity index (χ0n) is 9.73. The van der Waals surface area contributed by atoms with Crippen molar-refractivity contribution in [2.75, 3.05) is 0 Å². The van der Waals surface area contributed by atoms with E-state index in [-0.39, 0.29) is 18.8 Å². The molecule has 18 heavy (non-hydrogen) atoms. The molecule has 2 rings (SSSR count). The maximum atomic E-state index is 13.9. The number of rotatable bonds is 3. The molecule has 0 unspecified atom stereocenters. The highest BCUT2D eigenvalue weighted by Crippen LogP contribution is 2.24. The third-order valence-corrected chi connectivity index (χ3v) is 2.74. The summed E-state index contributed by atoms with van der Waals surface area (Å²) in [4.78, 5) is 0. The largest absolute Gasteiger partial charge is 0.392 e. The minimum Gasteiger partial charge on any atom is -0.392 e. The van der Waals surface area contributed by atoms with Crippen LogP contribution < -0.4 is 0 Å². The Kier molecular flexibility index (Phi) is 3.71. The first-order valence-corrected chi connectivity index (χ1v) is 5.60. The monoisotopic (exact) mass is 241 g/mol. The van der Waals surface area contributed by atoms with Crippen molar-refractivity contribution >= 4 is 0 Å². The molecule has 90 valence electrons. The van der Waals surface area contributed by atoms with Crippen LogP contribution in [0.1, 0.15) is 11.1 Å². The highest BCUT2D eigenvalue weighted by atomic mass is 19.1. The van der Waals surface area contributed by atoms with Gasteiger partial charge in [0.1, 0.15) is 5.82 Å². The van der Waals surface area contributed by atoms with Gasteiger partial charge in [-0.05, 0) is 28.8 Å². The summed E-state index contributed by atoms with van der Waals surface area (Å²) in [6, 6.07) is 13.9. The van der Waals surface area contributed by atoms with Crippen molar-refractivity contribution in [1.82, 2.24) is 0 Å². The van der Waals surface area contributed by atoms with Gasteiger partial charge >= 0.3 is 0 Å². The maximum Gasteiger partial charge on any atom is 0.131 e. The second-order valence-corrected chi connectivity index (χ2v) is 4.01. The van der Waals surface area contributed by atoms with Crippen LogP contribution in [0.3, 0.4) is 0 Å². The lowest BCUT2D eigenvalue weighted by molar-refractivity contribution is 0.282. The predicted molar refractivity (Wildman–Crippen MR) is 67.1 cm³/mol. The second-order valence-electron chi connectivity index (χ2n) is 4.01. The number of benzene rings is 2. The van der Waals surface area contributed by atoms with Gasteiger partial charge in [-0.3, -0.25) is 0 Å². The van der Waals surface area contributed by atoms with Gasteiger partial charge in [-0.1, -0.05) is 30.3 Å². The predicted octanol–water partition coefficient (Wildman–Crippen LogP) is 3.05. The average Bonchev–Trinajstić information content (AvgIpc) is 2.39. The summed E-state index contributed by atoms with van der Waals surface area (Å²) in [5.74, 6) is -0.349. The highest BCUT2D eigenvalue weighted by Gasteiger charge is 2.06. The van der Waals surface area contributed by atoms with Gasteiger partial charge in [-0.2, -0.15) is 5.26 Å². The molecule has 0 radical (unpaired) electrons. The Hall–Kier alpha value is -2.18. The van der Waals surface area contributed by atoms with E-state index in [1.54, 1.807) is 36.4 Å². The fourth-order valence-corrected chi connectivity index (χ4v) is 1.83. The molecule has 2 aromatic carbocycles. The van der Waals surface area contributed by atoms with E-state index in [0.29, 0.717) is 11.1 Å². The van der Waals surface area contributed by atoms with Crippen LogP contribution in [0.25, 0.3) is 11.1 Å². The van der Waals surface area contributed by atoms with E-state index >= 15 is 0 Å². The van der Waals surface area contributed by atoms with Crippen molar-refractivity contribution in [3.05, 3.63) is 59.4 Å². The van der Waals surface area contributed by atoms with Crippen LogP contribution in [0.5, 0.6) is 0 Å². The molecule has 2 aromatic rings. The number of aliphatic hydroxyl groups is 1. The van der Waals surface area contributed by atoms with Crippen LogP contribution in [-0.4, -0.2) is 5.11 Å². The number of aliphatic hydroxyl groups excluding tert-OH is 1. The lowest BCUT2D eigenvalue weighted by atomic mass is 10.0. The van der Waals surface area contributed by atoms with Gasteiger partial charge in [0.15, 0.2) is 0 Å². The van der Waals surface area contributed by atoms with Gasteiger partial charge in [0.05, 0.1) is 19.1 Å². The van der Waals surface area contributed by atoms with Crippen molar-refractivity contribution in [2.24, 2.45) is 0 Å². The Labute approximate surface area is 105 Å². The number of halogens is 1. The first kappa shape index (κ1) is 12.3. The van der Waals surface area contributed by atoms with Crippen LogP contribution in [-0.2, 0) is 13.0 Å². The summed E-state index contributed by atoms with van der Waals surface area (Å²) in [5.41, 5.74) is 2.61. The van der Waals surface area contributed by atoms with Gasteiger partial charge in [-0.15, -0.1) is 0 Å². The van der Waals surface area contributed by atoms with Crippen molar-refractivity contribution in [1.29, 1.82) is 5.26 Å². The number of hydrogen-bond acceptors (Lipinski definition) is 2. The fourth-order valence-electron chi connectivity index (χ4n) is 1.83. The molecule has 0 aliphatic carbocycles. The van der Waals surface area contributed by atoms with Crippen LogP contribution in [0.4, 0.5) is 4.39 Å². The second kappa shape index (κ2) is 5.44. The molecule has 1 N–H and O–H groups in total. The Morgan fingerprint density at radius 3 is 2.61 bits per heavy atom. The average molecular weight is 241 g/mol. The highest BCUT2D eigenvalue weighted by molar-refractivity contribution is 5.65. The molecule has 3 heteroatoms. The summed E-state index contributed by atoms with van der Waals surface area (Å²) in [5, 5.41) is 17.6. The van der Waals surface area contributed by atoms with Gasteiger partial charge in [-0.25, -0.2) is 4.39 Å². The zero-order valence-corrected chi connectivity index (χ0v) is 9.73. The van der Waals surface area contributed by atoms with Gasteiger partial charge in [0, 0.05) is 5.56 Å². The molecular formula is C15H12FNO. The summed E-state index contributed by atoms with van der Waals surface area (Å²) >= 11 is 0. The van der Waals surface area contributed by atoms with Crippen molar-refractivity contribution in [3.63, 3.8) is 0 Å². The van der Waals surface area contributed by atoms with Crippen LogP contribution >= 0.6 is 0 Å². The quantitative estimate of drug-likeness (QED) is 0.897. The lowest BCUT2D eigenvalue weighted by Crippen LogP contribution is -1.90. The zero-order chi connectivity index (χ0) is 13.0. The summed E-state index contributed by atoms with van der Waals surface area (Å²) in [6.45, 7) is -0.0675. The molecule has 0 fully saturated rings. The van der Waals surface area contributed by atoms with Crippen molar-refractivity contribution in [3.8, 4) is 17.2 Å². The number of hydrogen-bond donors (Lipinski definition) is 1. The fraction of sp³-hybridized carbons (Fsp3) is 0.133. The van der Waals surface area contributed by atoms with E-state index in [9.17, 15) is 4.39 Å². The van der Waals surface area contributed by atoms with Gasteiger partial charge in [0.2, 0.25) is 0 Å². The number of nitrogens with zero attached hydrogens (tertiary/aromatic N) is 1. The van der Waals surface area contributed by atoms with E-state index in [0.717, 1.165) is 11.1 Å².